The number of urea groups is 1. The molecule has 37 heavy (non-hydrogen) atoms. The SMILES string of the molecule is Cc1cc(NC2CCN(C(=O)N(C)C3CCN(C(=O)/C=C/CN(C)C)C3)CC2)c2ncn(C(C)C)c2n1. The lowest BCUT2D eigenvalue weighted by Crippen LogP contribution is -2.50. The average molecular weight is 511 g/mol. The van der Waals surface area contributed by atoms with Crippen molar-refractivity contribution in [3.8, 4) is 0 Å². The Hall–Kier alpha value is -3.14. The normalized spacial score (nSPS) is 19.1. The summed E-state index contributed by atoms with van der Waals surface area (Å²) in [6.45, 7) is 9.70. The van der Waals surface area contributed by atoms with Gasteiger partial charge in [-0.2, -0.15) is 0 Å². The fraction of sp³-hybridized carbons (Fsp3) is 0.630. The summed E-state index contributed by atoms with van der Waals surface area (Å²) < 4.78 is 2.10. The molecule has 2 saturated heterocycles. The first kappa shape index (κ1) is 26.9. The van der Waals surface area contributed by atoms with Crippen LogP contribution >= 0.6 is 0 Å². The van der Waals surface area contributed by atoms with E-state index >= 15 is 0 Å². The van der Waals surface area contributed by atoms with Gasteiger partial charge in [-0.15, -0.1) is 0 Å². The lowest BCUT2D eigenvalue weighted by atomic mass is 10.0. The number of aryl methyl sites for hydroxylation is 1. The summed E-state index contributed by atoms with van der Waals surface area (Å²) in [7, 11) is 5.82. The molecular formula is C27H42N8O2. The van der Waals surface area contributed by atoms with E-state index < -0.39 is 0 Å². The summed E-state index contributed by atoms with van der Waals surface area (Å²) in [5.74, 6) is 0.0239. The van der Waals surface area contributed by atoms with Gasteiger partial charge in [0.05, 0.1) is 18.1 Å². The van der Waals surface area contributed by atoms with E-state index in [-0.39, 0.29) is 24.0 Å². The number of likely N-dealkylation sites (tertiary alicyclic amines) is 2. The molecule has 0 aromatic carbocycles. The Bertz CT molecular complexity index is 1130. The smallest absolute Gasteiger partial charge is 0.320 e. The minimum Gasteiger partial charge on any atom is -0.380 e. The monoisotopic (exact) mass is 510 g/mol. The van der Waals surface area contributed by atoms with Crippen LogP contribution in [0.4, 0.5) is 10.5 Å². The topological polar surface area (TPSA) is 89.8 Å². The summed E-state index contributed by atoms with van der Waals surface area (Å²) >= 11 is 0. The van der Waals surface area contributed by atoms with Gasteiger partial charge in [0.15, 0.2) is 5.65 Å². The number of pyridine rings is 1. The molecule has 2 aliphatic heterocycles. The molecule has 0 saturated carbocycles. The van der Waals surface area contributed by atoms with Crippen molar-refractivity contribution >= 4 is 28.8 Å². The van der Waals surface area contributed by atoms with Crippen molar-refractivity contribution in [2.24, 2.45) is 0 Å². The molecule has 2 aliphatic rings. The van der Waals surface area contributed by atoms with Gasteiger partial charge in [-0.3, -0.25) is 4.79 Å². The van der Waals surface area contributed by atoms with E-state index in [0.717, 1.165) is 48.4 Å². The lowest BCUT2D eigenvalue weighted by molar-refractivity contribution is -0.125. The summed E-state index contributed by atoms with van der Waals surface area (Å²) in [6, 6.07) is 2.74. The van der Waals surface area contributed by atoms with Crippen molar-refractivity contribution in [2.75, 3.05) is 59.2 Å². The maximum atomic E-state index is 13.2. The number of likely N-dealkylation sites (N-methyl/N-ethyl adjacent to an activating group) is 2. The molecule has 4 rings (SSSR count). The fourth-order valence-electron chi connectivity index (χ4n) is 5.16. The van der Waals surface area contributed by atoms with Crippen molar-refractivity contribution in [1.29, 1.82) is 0 Å². The highest BCUT2D eigenvalue weighted by Crippen LogP contribution is 2.27. The van der Waals surface area contributed by atoms with Gasteiger partial charge < -0.3 is 29.5 Å². The highest BCUT2D eigenvalue weighted by Gasteiger charge is 2.33. The van der Waals surface area contributed by atoms with E-state index in [4.69, 9.17) is 4.98 Å². The first-order chi connectivity index (χ1) is 17.6. The number of carbonyl (C=O) groups is 2. The predicted octanol–water partition coefficient (Wildman–Crippen LogP) is 2.97. The lowest BCUT2D eigenvalue weighted by Gasteiger charge is -2.37. The molecule has 4 heterocycles. The number of fused-ring (bicyclic) bond motifs is 1. The Kier molecular flexibility index (Phi) is 8.36. The zero-order valence-corrected chi connectivity index (χ0v) is 23.1. The van der Waals surface area contributed by atoms with E-state index in [1.165, 1.54) is 0 Å². The largest absolute Gasteiger partial charge is 0.380 e. The van der Waals surface area contributed by atoms with Gasteiger partial charge in [0.1, 0.15) is 5.52 Å². The van der Waals surface area contributed by atoms with Gasteiger partial charge >= 0.3 is 6.03 Å². The highest BCUT2D eigenvalue weighted by molar-refractivity contribution is 5.88. The van der Waals surface area contributed by atoms with E-state index in [2.05, 4.69) is 34.8 Å². The molecule has 10 nitrogen and oxygen atoms in total. The van der Waals surface area contributed by atoms with Crippen LogP contribution in [0.5, 0.6) is 0 Å². The molecule has 0 radical (unpaired) electrons. The molecule has 0 spiro atoms. The van der Waals surface area contributed by atoms with E-state index in [0.29, 0.717) is 32.2 Å². The Morgan fingerprint density at radius 2 is 1.84 bits per heavy atom. The predicted molar refractivity (Wildman–Crippen MR) is 147 cm³/mol. The molecule has 10 heteroatoms. The molecule has 2 fully saturated rings. The number of nitrogens with one attached hydrogen (secondary N) is 1. The molecule has 2 aromatic heterocycles. The third-order valence-corrected chi connectivity index (χ3v) is 7.40. The number of rotatable bonds is 7. The van der Waals surface area contributed by atoms with E-state index in [1.807, 2.05) is 60.1 Å². The van der Waals surface area contributed by atoms with E-state index in [1.54, 1.807) is 6.08 Å². The van der Waals surface area contributed by atoms with Crippen molar-refractivity contribution in [3.63, 3.8) is 0 Å². The molecule has 2 aromatic rings. The van der Waals surface area contributed by atoms with Gasteiger partial charge in [-0.05, 0) is 60.2 Å². The van der Waals surface area contributed by atoms with Crippen LogP contribution in [-0.2, 0) is 4.79 Å². The number of amides is 3. The first-order valence-electron chi connectivity index (χ1n) is 13.4. The average Bonchev–Trinajstić information content (AvgIpc) is 3.51. The quantitative estimate of drug-likeness (QED) is 0.576. The molecule has 0 bridgehead atoms. The number of nitrogens with zero attached hydrogens (tertiary/aromatic N) is 7. The summed E-state index contributed by atoms with van der Waals surface area (Å²) in [5.41, 5.74) is 3.78. The molecule has 1 N–H and O–H groups in total. The zero-order chi connectivity index (χ0) is 26.7. The van der Waals surface area contributed by atoms with Gasteiger partial charge in [0, 0.05) is 63.6 Å². The summed E-state index contributed by atoms with van der Waals surface area (Å²) in [4.78, 5) is 42.7. The third kappa shape index (κ3) is 6.23. The van der Waals surface area contributed by atoms with Crippen LogP contribution in [0.1, 0.15) is 44.8 Å². The van der Waals surface area contributed by atoms with Crippen LogP contribution in [0.3, 0.4) is 0 Å². The van der Waals surface area contributed by atoms with Gasteiger partial charge in [0.25, 0.3) is 0 Å². The number of anilines is 1. The van der Waals surface area contributed by atoms with Gasteiger partial charge in [-0.25, -0.2) is 14.8 Å². The molecule has 202 valence electrons. The minimum absolute atomic E-state index is 0.0239. The molecule has 1 atom stereocenters. The standard InChI is InChI=1S/C27H42N8O2/c1-19(2)35-18-28-25-23(16-20(3)29-26(25)35)30-21-9-13-33(14-10-21)27(37)32(6)22-11-15-34(17-22)24(36)8-7-12-31(4)5/h7-8,16,18-19,21-22H,9-15,17H2,1-6H3,(H,29,30)/b8-7+. The third-order valence-electron chi connectivity index (χ3n) is 7.40. The Labute approximate surface area is 220 Å². The van der Waals surface area contributed by atoms with Crippen molar-refractivity contribution in [3.05, 3.63) is 30.2 Å². The van der Waals surface area contributed by atoms with Crippen LogP contribution in [0.2, 0.25) is 0 Å². The zero-order valence-electron chi connectivity index (χ0n) is 23.1. The number of hydrogen-bond acceptors (Lipinski definition) is 6. The molecule has 0 aliphatic carbocycles. The van der Waals surface area contributed by atoms with Crippen molar-refractivity contribution in [2.45, 2.75) is 58.2 Å². The van der Waals surface area contributed by atoms with Crippen molar-refractivity contribution < 1.29 is 9.59 Å². The summed E-state index contributed by atoms with van der Waals surface area (Å²) in [6.07, 6.45) is 7.96. The minimum atomic E-state index is 0.0239. The van der Waals surface area contributed by atoms with Crippen LogP contribution in [-0.4, -0.2) is 112 Å². The van der Waals surface area contributed by atoms with Crippen LogP contribution in [0.25, 0.3) is 11.2 Å². The number of hydrogen-bond donors (Lipinski definition) is 1. The van der Waals surface area contributed by atoms with Crippen LogP contribution in [0.15, 0.2) is 24.5 Å². The maximum Gasteiger partial charge on any atom is 0.320 e. The van der Waals surface area contributed by atoms with Gasteiger partial charge in [-0.1, -0.05) is 6.08 Å². The van der Waals surface area contributed by atoms with Crippen LogP contribution in [0, 0.1) is 6.92 Å². The number of piperidine rings is 1. The maximum absolute atomic E-state index is 13.2. The Morgan fingerprint density at radius 1 is 1.14 bits per heavy atom. The van der Waals surface area contributed by atoms with E-state index in [9.17, 15) is 9.59 Å². The Morgan fingerprint density at radius 3 is 2.51 bits per heavy atom. The second kappa shape index (κ2) is 11.5. The number of carbonyl (C=O) groups excluding carboxylic acids is 2. The second-order valence-corrected chi connectivity index (χ2v) is 10.9. The fourth-order valence-corrected chi connectivity index (χ4v) is 5.16. The first-order valence-corrected chi connectivity index (χ1v) is 13.4. The highest BCUT2D eigenvalue weighted by atomic mass is 16.2. The number of aromatic nitrogens is 3. The van der Waals surface area contributed by atoms with Crippen molar-refractivity contribution in [1.82, 2.24) is 34.1 Å². The molecule has 1 unspecified atom stereocenters. The summed E-state index contributed by atoms with van der Waals surface area (Å²) in [5, 5.41) is 3.68. The molecular weight excluding hydrogens is 468 g/mol. The second-order valence-electron chi connectivity index (χ2n) is 10.9. The van der Waals surface area contributed by atoms with Crippen LogP contribution < -0.4 is 5.32 Å². The number of imidazole rings is 1. The Balaban J connectivity index is 1.30. The molecule has 3 amide bonds. The van der Waals surface area contributed by atoms with Gasteiger partial charge in [0.2, 0.25) is 5.91 Å².